The molecular weight excluding hydrogens is 602 g/mol. The molecule has 48 heavy (non-hydrogen) atoms. The number of rotatable bonds is 7. The third-order valence-electron chi connectivity index (χ3n) is 16.6. The number of carboxylic acids is 1. The van der Waals surface area contributed by atoms with E-state index < -0.39 is 17.4 Å². The SMILES string of the molecule is C=C(C)C1CC[C@]2(CC(=O)N3CC[C@@H](O)C3)CC[C@]3(C)[C@H](CC[C@@H]4[C@@]5(C)CC[C@H](OC(=O)CC(C)(C)C(=O)O)C(C)(C)[C@@H]5CC[C@]43C)[C@@H]12. The van der Waals surface area contributed by atoms with Crippen LogP contribution in [0.4, 0.5) is 0 Å². The summed E-state index contributed by atoms with van der Waals surface area (Å²) in [5.41, 5.74) is 0.480. The lowest BCUT2D eigenvalue weighted by Gasteiger charge is -2.73. The number of nitrogens with zero attached hydrogens (tertiary/aromatic N) is 1. The Labute approximate surface area is 290 Å². The van der Waals surface area contributed by atoms with Crippen molar-refractivity contribution < 1.29 is 29.3 Å². The van der Waals surface area contributed by atoms with Gasteiger partial charge in [0.15, 0.2) is 0 Å². The molecule has 7 heteroatoms. The first kappa shape index (κ1) is 35.9. The molecule has 6 rings (SSSR count). The van der Waals surface area contributed by atoms with E-state index in [1.807, 2.05) is 4.90 Å². The van der Waals surface area contributed by atoms with E-state index in [0.717, 1.165) is 38.5 Å². The second kappa shape index (κ2) is 11.8. The Morgan fingerprint density at radius 1 is 0.875 bits per heavy atom. The second-order valence-electron chi connectivity index (χ2n) is 19.7. The number of fused-ring (bicyclic) bond motifs is 7. The van der Waals surface area contributed by atoms with Crippen LogP contribution in [-0.2, 0) is 19.1 Å². The van der Waals surface area contributed by atoms with Gasteiger partial charge in [-0.05, 0) is 143 Å². The van der Waals surface area contributed by atoms with E-state index in [-0.39, 0.29) is 51.6 Å². The molecule has 6 aliphatic rings. The van der Waals surface area contributed by atoms with Crippen LogP contribution in [0.5, 0.6) is 0 Å². The molecule has 1 unspecified atom stereocenters. The number of ether oxygens (including phenoxy) is 1. The van der Waals surface area contributed by atoms with E-state index in [1.165, 1.54) is 31.3 Å². The fraction of sp³-hybridized carbons (Fsp3) is 0.878. The van der Waals surface area contributed by atoms with Gasteiger partial charge in [0.25, 0.3) is 0 Å². The number of amides is 1. The summed E-state index contributed by atoms with van der Waals surface area (Å²) >= 11 is 0. The van der Waals surface area contributed by atoms with Gasteiger partial charge in [0.1, 0.15) is 6.10 Å². The maximum Gasteiger partial charge on any atom is 0.309 e. The third kappa shape index (κ3) is 5.32. The van der Waals surface area contributed by atoms with Gasteiger partial charge in [0.05, 0.1) is 17.9 Å². The van der Waals surface area contributed by atoms with Crippen LogP contribution in [0.1, 0.15) is 139 Å². The molecule has 7 nitrogen and oxygen atoms in total. The Morgan fingerprint density at radius 2 is 1.58 bits per heavy atom. The molecule has 1 aliphatic heterocycles. The van der Waals surface area contributed by atoms with Crippen molar-refractivity contribution in [3.63, 3.8) is 0 Å². The fourth-order valence-corrected chi connectivity index (χ4v) is 13.8. The molecular formula is C41H65NO6. The van der Waals surface area contributed by atoms with E-state index in [2.05, 4.69) is 48.1 Å². The Bertz CT molecular complexity index is 1340. The minimum atomic E-state index is -1.14. The van der Waals surface area contributed by atoms with Crippen LogP contribution in [0.2, 0.25) is 0 Å². The third-order valence-corrected chi connectivity index (χ3v) is 16.6. The topological polar surface area (TPSA) is 104 Å². The van der Waals surface area contributed by atoms with Crippen LogP contribution >= 0.6 is 0 Å². The molecule has 2 N–H and O–H groups in total. The molecule has 0 aromatic heterocycles. The van der Waals surface area contributed by atoms with Crippen LogP contribution in [-0.4, -0.2) is 58.3 Å². The number of allylic oxidation sites excluding steroid dienone is 1. The summed E-state index contributed by atoms with van der Waals surface area (Å²) in [5, 5.41) is 19.8. The standard InChI is InChI=1S/C41H65NO6/c1-25(2)27-12-18-41(22-32(44)42-21-15-26(43)24-42)20-19-39(8)28(34(27)41)10-11-30-38(7)16-14-31(48-33(45)23-36(3,4)35(46)47)37(5,6)29(38)13-17-40(30,39)9/h26-31,34,43H,1,10-24H2,2-9H3,(H,46,47)/t26-,27?,28-,29+,30-,31+,34-,38+,39-,40-,41-/m1/s1. The fourth-order valence-electron chi connectivity index (χ4n) is 13.8. The van der Waals surface area contributed by atoms with E-state index >= 15 is 0 Å². The molecule has 1 saturated heterocycles. The Balaban J connectivity index is 1.25. The van der Waals surface area contributed by atoms with Crippen molar-refractivity contribution in [3.8, 4) is 0 Å². The normalized spacial score (nSPS) is 44.9. The lowest BCUT2D eigenvalue weighted by molar-refractivity contribution is -0.250. The van der Waals surface area contributed by atoms with Gasteiger partial charge in [0, 0.05) is 24.9 Å². The number of carbonyl (C=O) groups excluding carboxylic acids is 2. The molecule has 5 aliphatic carbocycles. The van der Waals surface area contributed by atoms with Crippen LogP contribution < -0.4 is 0 Å². The molecule has 0 aromatic rings. The van der Waals surface area contributed by atoms with Crippen molar-refractivity contribution in [2.75, 3.05) is 13.1 Å². The average Bonchev–Trinajstić information content (AvgIpc) is 3.59. The van der Waals surface area contributed by atoms with E-state index in [9.17, 15) is 24.6 Å². The molecule has 0 spiro atoms. The minimum Gasteiger partial charge on any atom is -0.481 e. The van der Waals surface area contributed by atoms with E-state index in [4.69, 9.17) is 4.74 Å². The lowest BCUT2D eigenvalue weighted by Crippen LogP contribution is -2.67. The van der Waals surface area contributed by atoms with Gasteiger partial charge < -0.3 is 19.8 Å². The summed E-state index contributed by atoms with van der Waals surface area (Å²) in [7, 11) is 0. The van der Waals surface area contributed by atoms with Gasteiger partial charge >= 0.3 is 11.9 Å². The highest BCUT2D eigenvalue weighted by Gasteiger charge is 2.71. The highest BCUT2D eigenvalue weighted by atomic mass is 16.5. The number of β-amino-alcohol motifs (C(OH)–C–C–N with tert-alkyl or cyclic N) is 1. The molecule has 1 amide bonds. The molecule has 1 heterocycles. The summed E-state index contributed by atoms with van der Waals surface area (Å²) in [6.07, 6.45) is 11.7. The van der Waals surface area contributed by atoms with E-state index in [1.54, 1.807) is 13.8 Å². The zero-order valence-electron chi connectivity index (χ0n) is 31.3. The van der Waals surface area contributed by atoms with Gasteiger partial charge in [-0.25, -0.2) is 0 Å². The maximum absolute atomic E-state index is 13.8. The number of likely N-dealkylation sites (tertiary alicyclic amines) is 1. The summed E-state index contributed by atoms with van der Waals surface area (Å²) in [6, 6.07) is 0. The highest BCUT2D eigenvalue weighted by molar-refractivity contribution is 5.81. The Hall–Kier alpha value is -1.89. The van der Waals surface area contributed by atoms with Gasteiger partial charge in [-0.15, -0.1) is 0 Å². The lowest BCUT2D eigenvalue weighted by atomic mass is 9.32. The maximum atomic E-state index is 13.8. The first-order valence-corrected chi connectivity index (χ1v) is 19.3. The largest absolute Gasteiger partial charge is 0.481 e. The first-order chi connectivity index (χ1) is 22.2. The molecule has 11 atom stereocenters. The molecule has 6 fully saturated rings. The monoisotopic (exact) mass is 667 g/mol. The molecule has 0 aromatic carbocycles. The van der Waals surface area contributed by atoms with E-state index in [0.29, 0.717) is 55.5 Å². The summed E-state index contributed by atoms with van der Waals surface area (Å²) in [4.78, 5) is 40.5. The van der Waals surface area contributed by atoms with Gasteiger partial charge in [-0.2, -0.15) is 0 Å². The smallest absolute Gasteiger partial charge is 0.309 e. The first-order valence-electron chi connectivity index (χ1n) is 19.3. The summed E-state index contributed by atoms with van der Waals surface area (Å²) in [5.74, 6) is 1.40. The zero-order valence-corrected chi connectivity index (χ0v) is 31.3. The van der Waals surface area contributed by atoms with Gasteiger partial charge in [0.2, 0.25) is 5.91 Å². The van der Waals surface area contributed by atoms with Crippen molar-refractivity contribution in [2.45, 2.75) is 151 Å². The number of aliphatic hydroxyl groups is 1. The Morgan fingerprint density at radius 3 is 2.21 bits per heavy atom. The molecule has 270 valence electrons. The summed E-state index contributed by atoms with van der Waals surface area (Å²) < 4.78 is 6.17. The number of carboxylic acid groups (broad SMARTS) is 1. The summed E-state index contributed by atoms with van der Waals surface area (Å²) in [6.45, 7) is 23.5. The number of hydrogen-bond donors (Lipinski definition) is 2. The number of hydrogen-bond acceptors (Lipinski definition) is 5. The number of aliphatic hydroxyl groups excluding tert-OH is 1. The van der Waals surface area contributed by atoms with Gasteiger partial charge in [-0.3, -0.25) is 14.4 Å². The number of esters is 1. The predicted octanol–water partition coefficient (Wildman–Crippen LogP) is 8.04. The molecule has 5 saturated carbocycles. The van der Waals surface area contributed by atoms with Gasteiger partial charge in [-0.1, -0.05) is 46.8 Å². The predicted molar refractivity (Wildman–Crippen MR) is 187 cm³/mol. The van der Waals surface area contributed by atoms with Crippen LogP contribution in [0.25, 0.3) is 0 Å². The quantitative estimate of drug-likeness (QED) is 0.210. The van der Waals surface area contributed by atoms with Crippen LogP contribution in [0.15, 0.2) is 12.2 Å². The number of aliphatic carboxylic acids is 1. The highest BCUT2D eigenvalue weighted by Crippen LogP contribution is 2.78. The van der Waals surface area contributed by atoms with Crippen molar-refractivity contribution >= 4 is 17.8 Å². The van der Waals surface area contributed by atoms with Crippen LogP contribution in [0.3, 0.4) is 0 Å². The number of carbonyl (C=O) groups is 3. The average molecular weight is 668 g/mol. The van der Waals surface area contributed by atoms with Crippen LogP contribution in [0, 0.1) is 62.1 Å². The van der Waals surface area contributed by atoms with Crippen molar-refractivity contribution in [1.82, 2.24) is 4.90 Å². The van der Waals surface area contributed by atoms with Crippen molar-refractivity contribution in [1.29, 1.82) is 0 Å². The van der Waals surface area contributed by atoms with Crippen molar-refractivity contribution in [2.24, 2.45) is 62.1 Å². The molecule has 0 radical (unpaired) electrons. The molecule has 0 bridgehead atoms. The van der Waals surface area contributed by atoms with Crippen molar-refractivity contribution in [3.05, 3.63) is 12.2 Å². The zero-order chi connectivity index (χ0) is 35.2. The Kier molecular flexibility index (Phi) is 8.86. The second-order valence-corrected chi connectivity index (χ2v) is 19.7. The minimum absolute atomic E-state index is 0.0296.